The minimum Gasteiger partial charge on any atom is -0.284 e. The minimum atomic E-state index is -0.0959. The normalized spacial score (nSPS) is 17.6. The maximum Gasteiger partial charge on any atom is 0.242 e. The standard InChI is InChI=1S/C29H27N3OS/c1-2-3-18-27-28(33)32(20-24-15-9-13-22-11-5-7-17-26(22)24)29(34-27)31-30-19-23-14-8-12-21-10-4-6-16-25(21)23/h4-17,19,27H,2-3,18,20H2,1H3/b30-19-,31-29+/t27-/m1/s1. The van der Waals surface area contributed by atoms with Crippen LogP contribution in [0.1, 0.15) is 37.3 Å². The van der Waals surface area contributed by atoms with Crippen LogP contribution in [0.5, 0.6) is 0 Å². The molecule has 5 heteroatoms. The van der Waals surface area contributed by atoms with Gasteiger partial charge in [-0.15, -0.1) is 5.10 Å². The van der Waals surface area contributed by atoms with Crippen LogP contribution in [0.25, 0.3) is 21.5 Å². The van der Waals surface area contributed by atoms with Crippen LogP contribution in [-0.2, 0) is 11.3 Å². The molecule has 0 bridgehead atoms. The molecule has 5 rings (SSSR count). The zero-order valence-electron chi connectivity index (χ0n) is 19.2. The van der Waals surface area contributed by atoms with Crippen molar-refractivity contribution in [3.05, 3.63) is 96.1 Å². The van der Waals surface area contributed by atoms with Crippen molar-refractivity contribution in [2.75, 3.05) is 0 Å². The molecule has 0 radical (unpaired) electrons. The predicted octanol–water partition coefficient (Wildman–Crippen LogP) is 7.02. The van der Waals surface area contributed by atoms with Crippen LogP contribution >= 0.6 is 11.8 Å². The number of nitrogens with zero attached hydrogens (tertiary/aromatic N) is 3. The Labute approximate surface area is 204 Å². The van der Waals surface area contributed by atoms with E-state index < -0.39 is 0 Å². The third-order valence-electron chi connectivity index (χ3n) is 6.21. The lowest BCUT2D eigenvalue weighted by molar-refractivity contribution is -0.126. The van der Waals surface area contributed by atoms with Crippen molar-refractivity contribution >= 4 is 50.6 Å². The molecule has 1 aliphatic heterocycles. The summed E-state index contributed by atoms with van der Waals surface area (Å²) in [6, 6.07) is 28.9. The van der Waals surface area contributed by atoms with E-state index in [1.807, 2.05) is 41.3 Å². The Morgan fingerprint density at radius 3 is 2.35 bits per heavy atom. The molecular weight excluding hydrogens is 438 g/mol. The van der Waals surface area contributed by atoms with Gasteiger partial charge in [-0.2, -0.15) is 5.10 Å². The number of carbonyl (C=O) groups excluding carboxylic acids is 1. The highest BCUT2D eigenvalue weighted by molar-refractivity contribution is 8.15. The Balaban J connectivity index is 1.46. The van der Waals surface area contributed by atoms with Crippen molar-refractivity contribution in [1.29, 1.82) is 0 Å². The molecule has 4 aromatic carbocycles. The number of amides is 1. The molecule has 0 N–H and O–H groups in total. The molecule has 0 saturated carbocycles. The summed E-state index contributed by atoms with van der Waals surface area (Å²) in [5.74, 6) is 0.130. The number of fused-ring (bicyclic) bond motifs is 2. The van der Waals surface area contributed by atoms with E-state index in [1.54, 1.807) is 18.0 Å². The van der Waals surface area contributed by atoms with Crippen LogP contribution in [-0.4, -0.2) is 27.4 Å². The van der Waals surface area contributed by atoms with Gasteiger partial charge in [-0.3, -0.25) is 9.69 Å². The molecule has 1 heterocycles. The molecule has 0 spiro atoms. The van der Waals surface area contributed by atoms with E-state index in [0.717, 1.165) is 35.8 Å². The highest BCUT2D eigenvalue weighted by Gasteiger charge is 2.37. The Morgan fingerprint density at radius 1 is 0.882 bits per heavy atom. The summed E-state index contributed by atoms with van der Waals surface area (Å²) < 4.78 is 0. The number of hydrogen-bond acceptors (Lipinski definition) is 4. The van der Waals surface area contributed by atoms with E-state index in [-0.39, 0.29) is 11.2 Å². The van der Waals surface area contributed by atoms with E-state index in [4.69, 9.17) is 0 Å². The van der Waals surface area contributed by atoms with Crippen molar-refractivity contribution in [3.63, 3.8) is 0 Å². The first-order valence-electron chi connectivity index (χ1n) is 11.8. The van der Waals surface area contributed by atoms with Crippen LogP contribution in [0.4, 0.5) is 0 Å². The Bertz CT molecular complexity index is 1380. The molecule has 4 aromatic rings. The summed E-state index contributed by atoms with van der Waals surface area (Å²) >= 11 is 1.54. The van der Waals surface area contributed by atoms with Crippen LogP contribution in [0.3, 0.4) is 0 Å². The van der Waals surface area contributed by atoms with Crippen LogP contribution in [0.15, 0.2) is 95.1 Å². The molecule has 1 fully saturated rings. The van der Waals surface area contributed by atoms with E-state index in [2.05, 4.69) is 65.7 Å². The topological polar surface area (TPSA) is 45.0 Å². The maximum absolute atomic E-state index is 13.3. The fourth-order valence-corrected chi connectivity index (χ4v) is 5.55. The zero-order chi connectivity index (χ0) is 23.3. The lowest BCUT2D eigenvalue weighted by atomic mass is 10.0. The van der Waals surface area contributed by atoms with Gasteiger partial charge in [0.1, 0.15) is 0 Å². The monoisotopic (exact) mass is 465 g/mol. The lowest BCUT2D eigenvalue weighted by Crippen LogP contribution is -2.31. The quantitative estimate of drug-likeness (QED) is 0.217. The SMILES string of the molecule is CCCC[C@H]1S/C(=N/N=C\c2cccc3ccccc23)N(Cc2cccc3ccccc23)C1=O. The largest absolute Gasteiger partial charge is 0.284 e. The first kappa shape index (κ1) is 22.4. The van der Waals surface area contributed by atoms with Gasteiger partial charge in [0.05, 0.1) is 18.0 Å². The maximum atomic E-state index is 13.3. The second-order valence-electron chi connectivity index (χ2n) is 8.51. The van der Waals surface area contributed by atoms with E-state index in [0.29, 0.717) is 11.7 Å². The molecule has 0 aromatic heterocycles. The van der Waals surface area contributed by atoms with Crippen molar-refractivity contribution in [2.24, 2.45) is 10.2 Å². The Morgan fingerprint density at radius 2 is 1.56 bits per heavy atom. The molecule has 34 heavy (non-hydrogen) atoms. The molecule has 1 amide bonds. The van der Waals surface area contributed by atoms with Crippen molar-refractivity contribution in [3.8, 4) is 0 Å². The number of thioether (sulfide) groups is 1. The summed E-state index contributed by atoms with van der Waals surface area (Å²) in [6.45, 7) is 2.65. The van der Waals surface area contributed by atoms with Crippen LogP contribution in [0, 0.1) is 0 Å². The third kappa shape index (κ3) is 4.62. The average molecular weight is 466 g/mol. The summed E-state index contributed by atoms with van der Waals surface area (Å²) in [6.07, 6.45) is 4.74. The van der Waals surface area contributed by atoms with E-state index in [1.165, 1.54) is 16.2 Å². The van der Waals surface area contributed by atoms with Gasteiger partial charge in [0.15, 0.2) is 5.17 Å². The predicted molar refractivity (Wildman–Crippen MR) is 144 cm³/mol. The average Bonchev–Trinajstić information content (AvgIpc) is 3.17. The number of carbonyl (C=O) groups is 1. The van der Waals surface area contributed by atoms with Gasteiger partial charge in [-0.25, -0.2) is 0 Å². The van der Waals surface area contributed by atoms with Crippen molar-refractivity contribution in [1.82, 2.24) is 4.90 Å². The first-order chi connectivity index (χ1) is 16.7. The number of unbranched alkanes of at least 4 members (excludes halogenated alkanes) is 1. The van der Waals surface area contributed by atoms with Gasteiger partial charge in [-0.05, 0) is 33.5 Å². The summed E-state index contributed by atoms with van der Waals surface area (Å²) in [4.78, 5) is 15.2. The number of amidine groups is 1. The minimum absolute atomic E-state index is 0.0959. The summed E-state index contributed by atoms with van der Waals surface area (Å²) in [7, 11) is 0. The molecule has 1 saturated heterocycles. The molecule has 1 atom stereocenters. The van der Waals surface area contributed by atoms with E-state index >= 15 is 0 Å². The highest BCUT2D eigenvalue weighted by Crippen LogP contribution is 2.33. The zero-order valence-corrected chi connectivity index (χ0v) is 20.0. The smallest absolute Gasteiger partial charge is 0.242 e. The second-order valence-corrected chi connectivity index (χ2v) is 9.68. The molecule has 1 aliphatic rings. The fourth-order valence-electron chi connectivity index (χ4n) is 4.41. The molecule has 0 unspecified atom stereocenters. The number of hydrogen-bond donors (Lipinski definition) is 0. The third-order valence-corrected chi connectivity index (χ3v) is 7.45. The number of rotatable bonds is 7. The van der Waals surface area contributed by atoms with E-state index in [9.17, 15) is 4.79 Å². The molecular formula is C29H27N3OS. The van der Waals surface area contributed by atoms with Gasteiger partial charge in [0, 0.05) is 5.56 Å². The Kier molecular flexibility index (Phi) is 6.72. The second kappa shape index (κ2) is 10.2. The first-order valence-corrected chi connectivity index (χ1v) is 12.7. The fraction of sp³-hybridized carbons (Fsp3) is 0.207. The summed E-state index contributed by atoms with van der Waals surface area (Å²) in [5, 5.41) is 14.2. The van der Waals surface area contributed by atoms with Gasteiger partial charge < -0.3 is 0 Å². The van der Waals surface area contributed by atoms with Crippen LogP contribution in [0.2, 0.25) is 0 Å². The van der Waals surface area contributed by atoms with Gasteiger partial charge in [-0.1, -0.05) is 116 Å². The highest BCUT2D eigenvalue weighted by atomic mass is 32.2. The molecule has 0 aliphatic carbocycles. The van der Waals surface area contributed by atoms with Crippen molar-refractivity contribution in [2.45, 2.75) is 38.0 Å². The van der Waals surface area contributed by atoms with Gasteiger partial charge in [0.2, 0.25) is 5.91 Å². The lowest BCUT2D eigenvalue weighted by Gasteiger charge is -2.17. The Hall–Kier alpha value is -3.44. The number of benzene rings is 4. The van der Waals surface area contributed by atoms with Gasteiger partial charge >= 0.3 is 0 Å². The summed E-state index contributed by atoms with van der Waals surface area (Å²) in [5.41, 5.74) is 2.13. The van der Waals surface area contributed by atoms with Gasteiger partial charge in [0.25, 0.3) is 0 Å². The molecule has 170 valence electrons. The molecule has 4 nitrogen and oxygen atoms in total. The van der Waals surface area contributed by atoms with Crippen LogP contribution < -0.4 is 0 Å². The van der Waals surface area contributed by atoms with Crippen molar-refractivity contribution < 1.29 is 4.79 Å².